The molecule has 0 aliphatic carbocycles. The number of carbonyl (C=O) groups is 1. The molecule has 0 unspecified atom stereocenters. The third-order valence-electron chi connectivity index (χ3n) is 3.75. The summed E-state index contributed by atoms with van der Waals surface area (Å²) in [5.41, 5.74) is 1.11. The number of hydrogen-bond acceptors (Lipinski definition) is 6. The highest BCUT2D eigenvalue weighted by Crippen LogP contribution is 2.09. The summed E-state index contributed by atoms with van der Waals surface area (Å²) >= 11 is 1.12. The number of nitrogens with zero attached hydrogens (tertiary/aromatic N) is 3. The highest BCUT2D eigenvalue weighted by molar-refractivity contribution is 7.07. The fourth-order valence-corrected chi connectivity index (χ4v) is 3.59. The van der Waals surface area contributed by atoms with Crippen LogP contribution in [-0.2, 0) is 16.1 Å². The van der Waals surface area contributed by atoms with Gasteiger partial charge in [-0.05, 0) is 37.1 Å². The van der Waals surface area contributed by atoms with Crippen molar-refractivity contribution in [2.24, 2.45) is 0 Å². The number of amides is 1. The molecule has 2 rings (SSSR count). The first-order valence-electron chi connectivity index (χ1n) is 8.71. The number of aromatic nitrogens is 1. The van der Waals surface area contributed by atoms with Crippen LogP contribution in [0, 0.1) is 22.7 Å². The van der Waals surface area contributed by atoms with Crippen molar-refractivity contribution >= 4 is 34.6 Å². The zero-order valence-corrected chi connectivity index (χ0v) is 16.5. The molecular weight excluding hydrogens is 376 g/mol. The monoisotopic (exact) mass is 396 g/mol. The van der Waals surface area contributed by atoms with Crippen molar-refractivity contribution in [3.63, 3.8) is 0 Å². The minimum atomic E-state index is -0.245. The minimum absolute atomic E-state index is 0.0841. The lowest BCUT2D eigenvalue weighted by Gasteiger charge is -2.02. The van der Waals surface area contributed by atoms with Gasteiger partial charge < -0.3 is 10.1 Å². The first-order valence-corrected chi connectivity index (χ1v) is 9.53. The van der Waals surface area contributed by atoms with Gasteiger partial charge in [-0.2, -0.15) is 10.5 Å². The van der Waals surface area contributed by atoms with E-state index in [0.717, 1.165) is 16.9 Å². The van der Waals surface area contributed by atoms with Gasteiger partial charge in [0.1, 0.15) is 16.8 Å². The number of nitriles is 2. The largest absolute Gasteiger partial charge is 0.382 e. The second kappa shape index (κ2) is 10.2. The SMILES string of the molecule is CCOCCCn1c(=C(C#N)C#N)s/c(=C/c2ccc(NC(C)=O)cc2)c1=O. The van der Waals surface area contributed by atoms with Gasteiger partial charge in [0.2, 0.25) is 5.91 Å². The van der Waals surface area contributed by atoms with Crippen LogP contribution in [0.5, 0.6) is 0 Å². The van der Waals surface area contributed by atoms with E-state index in [4.69, 9.17) is 4.74 Å². The van der Waals surface area contributed by atoms with Crippen LogP contribution in [-0.4, -0.2) is 23.7 Å². The van der Waals surface area contributed by atoms with E-state index in [1.54, 1.807) is 30.3 Å². The van der Waals surface area contributed by atoms with Gasteiger partial charge >= 0.3 is 0 Å². The van der Waals surface area contributed by atoms with Crippen LogP contribution in [0.25, 0.3) is 11.6 Å². The van der Waals surface area contributed by atoms with Crippen molar-refractivity contribution in [2.45, 2.75) is 26.8 Å². The van der Waals surface area contributed by atoms with E-state index in [9.17, 15) is 20.1 Å². The van der Waals surface area contributed by atoms with Crippen LogP contribution < -0.4 is 20.1 Å². The lowest BCUT2D eigenvalue weighted by molar-refractivity contribution is -0.114. The molecule has 0 radical (unpaired) electrons. The molecule has 0 saturated heterocycles. The highest BCUT2D eigenvalue weighted by Gasteiger charge is 2.09. The summed E-state index contributed by atoms with van der Waals surface area (Å²) in [4.78, 5) is 23.9. The lowest BCUT2D eigenvalue weighted by Crippen LogP contribution is -2.32. The van der Waals surface area contributed by atoms with Crippen LogP contribution >= 0.6 is 11.3 Å². The molecule has 0 bridgehead atoms. The molecule has 1 amide bonds. The topological polar surface area (TPSA) is 108 Å². The molecule has 8 heteroatoms. The maximum absolute atomic E-state index is 12.8. The zero-order chi connectivity index (χ0) is 20.5. The fourth-order valence-electron chi connectivity index (χ4n) is 2.52. The van der Waals surface area contributed by atoms with Crippen molar-refractivity contribution in [1.82, 2.24) is 4.57 Å². The fraction of sp³-hybridized carbons (Fsp3) is 0.300. The Balaban J connectivity index is 2.48. The number of rotatable bonds is 7. The van der Waals surface area contributed by atoms with Crippen LogP contribution in [0.15, 0.2) is 29.1 Å². The summed E-state index contributed by atoms with van der Waals surface area (Å²) in [6.07, 6.45) is 2.31. The quantitative estimate of drug-likeness (QED) is 0.710. The first-order chi connectivity index (χ1) is 13.5. The summed E-state index contributed by atoms with van der Waals surface area (Å²) in [6, 6.07) is 10.8. The van der Waals surface area contributed by atoms with E-state index < -0.39 is 0 Å². The van der Waals surface area contributed by atoms with Gasteiger partial charge in [-0.15, -0.1) is 11.3 Å². The number of benzene rings is 1. The highest BCUT2D eigenvalue weighted by atomic mass is 32.1. The molecule has 7 nitrogen and oxygen atoms in total. The van der Waals surface area contributed by atoms with Gasteiger partial charge in [0.25, 0.3) is 5.56 Å². The number of hydrogen-bond donors (Lipinski definition) is 1. The molecule has 0 aliphatic heterocycles. The molecule has 0 saturated carbocycles. The second-order valence-electron chi connectivity index (χ2n) is 5.82. The van der Waals surface area contributed by atoms with Crippen LogP contribution in [0.3, 0.4) is 0 Å². The number of carbonyl (C=O) groups excluding carboxylic acids is 1. The summed E-state index contributed by atoms with van der Waals surface area (Å²) in [5, 5.41) is 21.1. The van der Waals surface area contributed by atoms with Crippen molar-refractivity contribution < 1.29 is 9.53 Å². The molecular formula is C20H20N4O3S. The maximum atomic E-state index is 12.8. The summed E-state index contributed by atoms with van der Waals surface area (Å²) in [5.74, 6) is -0.161. The standard InChI is InChI=1S/C20H20N4O3S/c1-3-27-10-4-9-24-19(26)18(28-20(24)16(12-21)13-22)11-15-5-7-17(8-6-15)23-14(2)25/h5-8,11H,3-4,9-10H2,1-2H3,(H,23,25)/b18-11+. The first kappa shape index (κ1) is 21.1. The van der Waals surface area contributed by atoms with E-state index in [-0.39, 0.29) is 17.0 Å². The molecule has 0 atom stereocenters. The zero-order valence-electron chi connectivity index (χ0n) is 15.7. The van der Waals surface area contributed by atoms with Gasteiger partial charge in [0, 0.05) is 32.4 Å². The van der Waals surface area contributed by atoms with Gasteiger partial charge in [-0.3, -0.25) is 14.2 Å². The third-order valence-corrected chi connectivity index (χ3v) is 4.88. The number of ether oxygens (including phenoxy) is 1. The predicted octanol–water partition coefficient (Wildman–Crippen LogP) is 1.32. The van der Waals surface area contributed by atoms with Crippen LogP contribution in [0.4, 0.5) is 5.69 Å². The predicted molar refractivity (Wildman–Crippen MR) is 108 cm³/mol. The number of nitrogens with one attached hydrogen (secondary N) is 1. The average Bonchev–Trinajstić information content (AvgIpc) is 2.97. The van der Waals surface area contributed by atoms with Crippen molar-refractivity contribution in [3.05, 3.63) is 49.4 Å². The average molecular weight is 396 g/mol. The Kier molecular flexibility index (Phi) is 7.70. The van der Waals surface area contributed by atoms with Gasteiger partial charge in [0.05, 0.1) is 4.53 Å². The Bertz CT molecular complexity index is 1080. The third kappa shape index (κ3) is 5.40. The Labute approximate surface area is 166 Å². The molecule has 28 heavy (non-hydrogen) atoms. The smallest absolute Gasteiger partial charge is 0.269 e. The number of thiazole rings is 1. The molecule has 1 heterocycles. The summed E-state index contributed by atoms with van der Waals surface area (Å²) in [6.45, 7) is 4.78. The van der Waals surface area contributed by atoms with Crippen molar-refractivity contribution in [3.8, 4) is 12.1 Å². The molecule has 1 aromatic heterocycles. The van der Waals surface area contributed by atoms with Gasteiger partial charge in [-0.1, -0.05) is 12.1 Å². The molecule has 2 aromatic rings. The Morgan fingerprint density at radius 1 is 1.29 bits per heavy atom. The van der Waals surface area contributed by atoms with Gasteiger partial charge in [0.15, 0.2) is 5.57 Å². The van der Waals surface area contributed by atoms with Crippen molar-refractivity contribution in [2.75, 3.05) is 18.5 Å². The second-order valence-corrected chi connectivity index (χ2v) is 6.86. The van der Waals surface area contributed by atoms with E-state index in [1.807, 2.05) is 19.1 Å². The summed E-state index contributed by atoms with van der Waals surface area (Å²) in [7, 11) is 0. The molecule has 144 valence electrons. The molecule has 1 aromatic carbocycles. The van der Waals surface area contributed by atoms with E-state index in [1.165, 1.54) is 11.5 Å². The molecule has 0 fully saturated rings. The van der Waals surface area contributed by atoms with E-state index in [0.29, 0.717) is 41.1 Å². The van der Waals surface area contributed by atoms with Crippen molar-refractivity contribution in [1.29, 1.82) is 10.5 Å². The Morgan fingerprint density at radius 2 is 1.96 bits per heavy atom. The molecule has 0 spiro atoms. The normalized spacial score (nSPS) is 10.9. The van der Waals surface area contributed by atoms with Crippen LogP contribution in [0.1, 0.15) is 25.8 Å². The van der Waals surface area contributed by atoms with E-state index in [2.05, 4.69) is 5.32 Å². The minimum Gasteiger partial charge on any atom is -0.382 e. The Hall–Kier alpha value is -3.20. The maximum Gasteiger partial charge on any atom is 0.269 e. The lowest BCUT2D eigenvalue weighted by atomic mass is 10.2. The number of anilines is 1. The Morgan fingerprint density at radius 3 is 2.54 bits per heavy atom. The van der Waals surface area contributed by atoms with E-state index >= 15 is 0 Å². The molecule has 1 N–H and O–H groups in total. The van der Waals surface area contributed by atoms with Gasteiger partial charge in [-0.25, -0.2) is 0 Å². The summed E-state index contributed by atoms with van der Waals surface area (Å²) < 4.78 is 7.55. The van der Waals surface area contributed by atoms with Crippen LogP contribution in [0.2, 0.25) is 0 Å². The molecule has 0 aliphatic rings.